The summed E-state index contributed by atoms with van der Waals surface area (Å²) in [4.78, 5) is 6.76. The Morgan fingerprint density at radius 1 is 1.53 bits per heavy atom. The standard InChI is InChI=1S/C12H22N4S/c1-10(2)7-13-8-11-5-3-4-6-16(11)12-14-9-15-17-12/h9-11,13H,3-8H2,1-2H3. The molecular formula is C12H22N4S. The molecule has 4 nitrogen and oxygen atoms in total. The molecule has 0 radical (unpaired) electrons. The zero-order valence-electron chi connectivity index (χ0n) is 10.7. The SMILES string of the molecule is CC(C)CNCC1CCCCN1c1ncns1. The zero-order valence-corrected chi connectivity index (χ0v) is 11.5. The zero-order chi connectivity index (χ0) is 12.1. The van der Waals surface area contributed by atoms with Crippen LogP contribution in [0.1, 0.15) is 33.1 Å². The van der Waals surface area contributed by atoms with Crippen LogP contribution in [0, 0.1) is 5.92 Å². The second-order valence-electron chi connectivity index (χ2n) is 5.12. The summed E-state index contributed by atoms with van der Waals surface area (Å²) < 4.78 is 4.11. The van der Waals surface area contributed by atoms with Crippen molar-refractivity contribution < 1.29 is 0 Å². The lowest BCUT2D eigenvalue weighted by Gasteiger charge is -2.35. The molecule has 1 aliphatic rings. The maximum atomic E-state index is 4.34. The summed E-state index contributed by atoms with van der Waals surface area (Å²) in [6.07, 6.45) is 5.54. The number of rotatable bonds is 5. The Morgan fingerprint density at radius 2 is 2.41 bits per heavy atom. The predicted octanol–water partition coefficient (Wildman–Crippen LogP) is 2.14. The minimum atomic E-state index is 0.593. The van der Waals surface area contributed by atoms with E-state index in [4.69, 9.17) is 0 Å². The highest BCUT2D eigenvalue weighted by atomic mass is 32.1. The van der Waals surface area contributed by atoms with E-state index in [0.717, 1.165) is 24.8 Å². The molecule has 2 rings (SSSR count). The van der Waals surface area contributed by atoms with Crippen molar-refractivity contribution in [2.24, 2.45) is 5.92 Å². The molecule has 5 heteroatoms. The van der Waals surface area contributed by atoms with Crippen molar-refractivity contribution in [3.63, 3.8) is 0 Å². The van der Waals surface area contributed by atoms with Gasteiger partial charge in [0.15, 0.2) is 0 Å². The van der Waals surface area contributed by atoms with Crippen molar-refractivity contribution in [1.29, 1.82) is 0 Å². The van der Waals surface area contributed by atoms with E-state index >= 15 is 0 Å². The fourth-order valence-corrected chi connectivity index (χ4v) is 2.93. The van der Waals surface area contributed by atoms with E-state index in [1.807, 2.05) is 0 Å². The molecule has 1 saturated heterocycles. The Labute approximate surface area is 108 Å². The molecule has 0 aliphatic carbocycles. The Morgan fingerprint density at radius 3 is 3.12 bits per heavy atom. The van der Waals surface area contributed by atoms with Gasteiger partial charge >= 0.3 is 0 Å². The highest BCUT2D eigenvalue weighted by molar-refractivity contribution is 7.09. The van der Waals surface area contributed by atoms with Crippen molar-refractivity contribution in [3.05, 3.63) is 6.33 Å². The van der Waals surface area contributed by atoms with Crippen LogP contribution >= 0.6 is 11.5 Å². The van der Waals surface area contributed by atoms with Gasteiger partial charge in [0.25, 0.3) is 0 Å². The van der Waals surface area contributed by atoms with E-state index in [-0.39, 0.29) is 0 Å². The summed E-state index contributed by atoms with van der Waals surface area (Å²) in [5.74, 6) is 0.716. The van der Waals surface area contributed by atoms with E-state index in [0.29, 0.717) is 12.0 Å². The molecular weight excluding hydrogens is 232 g/mol. The van der Waals surface area contributed by atoms with Crippen LogP contribution in [0.2, 0.25) is 0 Å². The third-order valence-electron chi connectivity index (χ3n) is 3.16. The smallest absolute Gasteiger partial charge is 0.205 e. The van der Waals surface area contributed by atoms with Gasteiger partial charge in [-0.3, -0.25) is 0 Å². The summed E-state index contributed by atoms with van der Waals surface area (Å²) in [6, 6.07) is 0.593. The summed E-state index contributed by atoms with van der Waals surface area (Å²) in [7, 11) is 0. The largest absolute Gasteiger partial charge is 0.343 e. The lowest BCUT2D eigenvalue weighted by atomic mass is 10.0. The number of hydrogen-bond acceptors (Lipinski definition) is 5. The Kier molecular flexibility index (Phi) is 4.74. The molecule has 1 unspecified atom stereocenters. The van der Waals surface area contributed by atoms with Gasteiger partial charge in [-0.05, 0) is 31.7 Å². The van der Waals surface area contributed by atoms with Crippen LogP contribution in [-0.2, 0) is 0 Å². The molecule has 1 aromatic rings. The molecule has 1 aliphatic heterocycles. The third-order valence-corrected chi connectivity index (χ3v) is 3.86. The van der Waals surface area contributed by atoms with Gasteiger partial charge in [0.1, 0.15) is 6.33 Å². The van der Waals surface area contributed by atoms with Crippen LogP contribution in [0.5, 0.6) is 0 Å². The van der Waals surface area contributed by atoms with E-state index in [9.17, 15) is 0 Å². The van der Waals surface area contributed by atoms with Crippen LogP contribution in [-0.4, -0.2) is 35.0 Å². The number of nitrogens with zero attached hydrogens (tertiary/aromatic N) is 3. The van der Waals surface area contributed by atoms with E-state index in [1.54, 1.807) is 6.33 Å². The first-order valence-electron chi connectivity index (χ1n) is 6.51. The fraction of sp³-hybridized carbons (Fsp3) is 0.833. The van der Waals surface area contributed by atoms with E-state index in [1.165, 1.54) is 30.8 Å². The van der Waals surface area contributed by atoms with Gasteiger partial charge in [-0.15, -0.1) is 0 Å². The maximum absolute atomic E-state index is 4.34. The molecule has 1 N–H and O–H groups in total. The topological polar surface area (TPSA) is 41.0 Å². The second-order valence-corrected chi connectivity index (χ2v) is 5.88. The normalized spacial score (nSPS) is 21.1. The Hall–Kier alpha value is -0.680. The summed E-state index contributed by atoms with van der Waals surface area (Å²) in [6.45, 7) is 7.79. The number of aromatic nitrogens is 2. The molecule has 1 atom stereocenters. The first kappa shape index (κ1) is 12.8. The van der Waals surface area contributed by atoms with Crippen LogP contribution in [0.25, 0.3) is 0 Å². The Bertz CT molecular complexity index is 312. The van der Waals surface area contributed by atoms with Crippen molar-refractivity contribution in [3.8, 4) is 0 Å². The lowest BCUT2D eigenvalue weighted by Crippen LogP contribution is -2.46. The summed E-state index contributed by atoms with van der Waals surface area (Å²) in [5.41, 5.74) is 0. The van der Waals surface area contributed by atoms with Gasteiger partial charge < -0.3 is 10.2 Å². The number of piperidine rings is 1. The number of nitrogens with one attached hydrogen (secondary N) is 1. The van der Waals surface area contributed by atoms with Gasteiger partial charge in [0.2, 0.25) is 5.13 Å². The second kappa shape index (κ2) is 6.31. The molecule has 2 heterocycles. The molecule has 0 bridgehead atoms. The average Bonchev–Trinajstić information content (AvgIpc) is 2.82. The van der Waals surface area contributed by atoms with Gasteiger partial charge in [0.05, 0.1) is 0 Å². The van der Waals surface area contributed by atoms with Gasteiger partial charge in [-0.25, -0.2) is 4.98 Å². The van der Waals surface area contributed by atoms with Crippen LogP contribution in [0.4, 0.5) is 5.13 Å². The van der Waals surface area contributed by atoms with Crippen molar-refractivity contribution in [1.82, 2.24) is 14.7 Å². The molecule has 96 valence electrons. The highest BCUT2D eigenvalue weighted by Gasteiger charge is 2.24. The van der Waals surface area contributed by atoms with Gasteiger partial charge in [-0.1, -0.05) is 13.8 Å². The van der Waals surface area contributed by atoms with Crippen LogP contribution < -0.4 is 10.2 Å². The first-order valence-corrected chi connectivity index (χ1v) is 7.28. The quantitative estimate of drug-likeness (QED) is 0.874. The van der Waals surface area contributed by atoms with Crippen molar-refractivity contribution in [2.75, 3.05) is 24.5 Å². The van der Waals surface area contributed by atoms with E-state index in [2.05, 4.69) is 33.4 Å². The monoisotopic (exact) mass is 254 g/mol. The minimum absolute atomic E-state index is 0.593. The fourth-order valence-electron chi connectivity index (χ4n) is 2.30. The molecule has 0 saturated carbocycles. The summed E-state index contributed by atoms with van der Waals surface area (Å²) in [5, 5.41) is 4.65. The highest BCUT2D eigenvalue weighted by Crippen LogP contribution is 2.24. The van der Waals surface area contributed by atoms with Gasteiger partial charge in [0, 0.05) is 30.7 Å². The Balaban J connectivity index is 1.89. The summed E-state index contributed by atoms with van der Waals surface area (Å²) >= 11 is 1.51. The number of hydrogen-bond donors (Lipinski definition) is 1. The molecule has 1 fully saturated rings. The van der Waals surface area contributed by atoms with Gasteiger partial charge in [-0.2, -0.15) is 4.37 Å². The van der Waals surface area contributed by atoms with Crippen molar-refractivity contribution >= 4 is 16.7 Å². The average molecular weight is 254 g/mol. The molecule has 0 aromatic carbocycles. The molecule has 0 spiro atoms. The van der Waals surface area contributed by atoms with Crippen LogP contribution in [0.15, 0.2) is 6.33 Å². The predicted molar refractivity (Wildman–Crippen MR) is 72.6 cm³/mol. The molecule has 1 aromatic heterocycles. The number of anilines is 1. The van der Waals surface area contributed by atoms with Crippen LogP contribution in [0.3, 0.4) is 0 Å². The first-order chi connectivity index (χ1) is 8.27. The lowest BCUT2D eigenvalue weighted by molar-refractivity contribution is 0.422. The van der Waals surface area contributed by atoms with Crippen molar-refractivity contribution in [2.45, 2.75) is 39.2 Å². The minimum Gasteiger partial charge on any atom is -0.343 e. The molecule has 17 heavy (non-hydrogen) atoms. The third kappa shape index (κ3) is 3.64. The molecule has 0 amide bonds. The van der Waals surface area contributed by atoms with E-state index < -0.39 is 0 Å². The maximum Gasteiger partial charge on any atom is 0.205 e.